The lowest BCUT2D eigenvalue weighted by atomic mass is 9.81. The van der Waals surface area contributed by atoms with Crippen molar-refractivity contribution in [2.45, 2.75) is 85.2 Å². The predicted molar refractivity (Wildman–Crippen MR) is 159 cm³/mol. The Kier molecular flexibility index (Phi) is 9.51. The zero-order valence-electron chi connectivity index (χ0n) is 24.5. The first-order chi connectivity index (χ1) is 18.2. The Hall–Kier alpha value is -2.40. The molecule has 5 nitrogen and oxygen atoms in total. The molecule has 0 bridgehead atoms. The summed E-state index contributed by atoms with van der Waals surface area (Å²) in [4.78, 5) is 25.8. The van der Waals surface area contributed by atoms with Gasteiger partial charge < -0.3 is 9.80 Å². The topological polar surface area (TPSA) is 39.2 Å². The number of carbonyl (C=O) groups is 1. The lowest BCUT2D eigenvalue weighted by Crippen LogP contribution is -2.61. The van der Waals surface area contributed by atoms with E-state index < -0.39 is 0 Å². The molecule has 1 amide bonds. The van der Waals surface area contributed by atoms with Crippen molar-refractivity contribution in [3.05, 3.63) is 59.9 Å². The minimum atomic E-state index is 0.00768. The zero-order valence-corrected chi connectivity index (χ0v) is 24.5. The zero-order chi connectivity index (χ0) is 27.3. The van der Waals surface area contributed by atoms with E-state index in [2.05, 4.69) is 98.5 Å². The smallest absolute Gasteiger partial charge is 0.223 e. The van der Waals surface area contributed by atoms with E-state index in [4.69, 9.17) is 4.99 Å². The first kappa shape index (κ1) is 28.6. The Balaban J connectivity index is 1.49. The van der Waals surface area contributed by atoms with Crippen molar-refractivity contribution in [3.8, 4) is 0 Å². The predicted octanol–water partition coefficient (Wildman–Crippen LogP) is 6.70. The summed E-state index contributed by atoms with van der Waals surface area (Å²) in [5.41, 5.74) is 3.74. The second-order valence-electron chi connectivity index (χ2n) is 12.8. The molecule has 4 rings (SSSR count). The number of hydrogen-bond donors (Lipinski definition) is 0. The van der Waals surface area contributed by atoms with Crippen LogP contribution in [0.2, 0.25) is 0 Å². The molecule has 2 saturated heterocycles. The second-order valence-corrected chi connectivity index (χ2v) is 12.8. The van der Waals surface area contributed by atoms with Crippen molar-refractivity contribution < 1.29 is 4.79 Å². The number of hydrogen-bond acceptors (Lipinski definition) is 4. The van der Waals surface area contributed by atoms with E-state index >= 15 is 0 Å². The van der Waals surface area contributed by atoms with E-state index in [-0.39, 0.29) is 17.5 Å². The van der Waals surface area contributed by atoms with Crippen LogP contribution < -0.4 is 0 Å². The number of benzene rings is 1. The molecule has 38 heavy (non-hydrogen) atoms. The molecule has 0 aromatic heterocycles. The molecule has 3 unspecified atom stereocenters. The summed E-state index contributed by atoms with van der Waals surface area (Å²) in [5.74, 6) is 1.18. The van der Waals surface area contributed by atoms with Crippen molar-refractivity contribution in [3.63, 3.8) is 0 Å². The Labute approximate surface area is 231 Å². The van der Waals surface area contributed by atoms with Gasteiger partial charge in [-0.2, -0.15) is 0 Å². The van der Waals surface area contributed by atoms with Crippen LogP contribution >= 0.6 is 0 Å². The minimum absolute atomic E-state index is 0.00768. The van der Waals surface area contributed by atoms with Crippen molar-refractivity contribution in [1.82, 2.24) is 14.7 Å². The van der Waals surface area contributed by atoms with Crippen molar-refractivity contribution in [2.24, 2.45) is 22.2 Å². The monoisotopic (exact) mass is 518 g/mol. The quantitative estimate of drug-likeness (QED) is 0.385. The third kappa shape index (κ3) is 6.97. The summed E-state index contributed by atoms with van der Waals surface area (Å²) < 4.78 is 0. The molecule has 3 heterocycles. The summed E-state index contributed by atoms with van der Waals surface area (Å²) >= 11 is 0. The number of aliphatic imine (C=N–C) groups is 1. The van der Waals surface area contributed by atoms with Gasteiger partial charge in [0.2, 0.25) is 5.91 Å². The van der Waals surface area contributed by atoms with Gasteiger partial charge in [-0.1, -0.05) is 77.1 Å². The maximum atomic E-state index is 13.7. The summed E-state index contributed by atoms with van der Waals surface area (Å²) in [6.45, 7) is 20.0. The summed E-state index contributed by atoms with van der Waals surface area (Å²) in [5, 5.41) is 0. The van der Waals surface area contributed by atoms with E-state index in [1.165, 1.54) is 11.3 Å². The molecule has 1 aromatic rings. The molecular weight excluding hydrogens is 468 g/mol. The first-order valence-electron chi connectivity index (χ1n) is 14.9. The van der Waals surface area contributed by atoms with Crippen molar-refractivity contribution in [2.75, 3.05) is 32.7 Å². The molecule has 3 aliphatic rings. The van der Waals surface area contributed by atoms with Gasteiger partial charge in [0, 0.05) is 74.8 Å². The van der Waals surface area contributed by atoms with E-state index in [9.17, 15) is 4.79 Å². The number of likely N-dealkylation sites (tertiary alicyclic amines) is 1. The van der Waals surface area contributed by atoms with Crippen LogP contribution in [-0.4, -0.2) is 65.6 Å². The van der Waals surface area contributed by atoms with Gasteiger partial charge in [0.05, 0.1) is 0 Å². The molecular formula is C33H50N4O. The Morgan fingerprint density at radius 2 is 1.82 bits per heavy atom. The van der Waals surface area contributed by atoms with Crippen LogP contribution in [-0.2, 0) is 4.79 Å². The van der Waals surface area contributed by atoms with Crippen LogP contribution in [0.4, 0.5) is 0 Å². The molecule has 0 N–H and O–H groups in total. The molecule has 0 spiro atoms. The third-order valence-electron chi connectivity index (χ3n) is 8.85. The van der Waals surface area contributed by atoms with Gasteiger partial charge in [0.25, 0.3) is 0 Å². The van der Waals surface area contributed by atoms with Gasteiger partial charge in [0.15, 0.2) is 0 Å². The number of rotatable bonds is 8. The van der Waals surface area contributed by atoms with E-state index in [1.807, 2.05) is 0 Å². The molecule has 0 aliphatic carbocycles. The third-order valence-corrected chi connectivity index (χ3v) is 8.85. The summed E-state index contributed by atoms with van der Waals surface area (Å²) in [6.07, 6.45) is 10.6. The molecule has 3 atom stereocenters. The highest BCUT2D eigenvalue weighted by molar-refractivity contribution is 5.77. The van der Waals surface area contributed by atoms with Gasteiger partial charge >= 0.3 is 0 Å². The minimum Gasteiger partial charge on any atom is -0.376 e. The number of nitrogens with zero attached hydrogens (tertiary/aromatic N) is 4. The average molecular weight is 519 g/mol. The largest absolute Gasteiger partial charge is 0.376 e. The Morgan fingerprint density at radius 1 is 1.11 bits per heavy atom. The number of amides is 1. The first-order valence-corrected chi connectivity index (χ1v) is 14.9. The van der Waals surface area contributed by atoms with Crippen LogP contribution in [0, 0.1) is 17.3 Å². The summed E-state index contributed by atoms with van der Waals surface area (Å²) in [6, 6.07) is 11.4. The molecule has 3 aliphatic heterocycles. The lowest BCUT2D eigenvalue weighted by Gasteiger charge is -2.50. The van der Waals surface area contributed by atoms with Crippen LogP contribution in [0.5, 0.6) is 0 Å². The fraction of sp³-hybridized carbons (Fsp3) is 0.636. The number of piperazine rings is 1. The van der Waals surface area contributed by atoms with Crippen LogP contribution in [0.1, 0.15) is 84.7 Å². The molecule has 2 fully saturated rings. The molecule has 1 aromatic carbocycles. The Bertz CT molecular complexity index is 1000. The maximum Gasteiger partial charge on any atom is 0.223 e. The van der Waals surface area contributed by atoms with Gasteiger partial charge in [-0.05, 0) is 49.5 Å². The van der Waals surface area contributed by atoms with E-state index in [1.54, 1.807) is 0 Å². The van der Waals surface area contributed by atoms with Gasteiger partial charge in [-0.15, -0.1) is 0 Å². The molecule has 0 radical (unpaired) electrons. The highest BCUT2D eigenvalue weighted by Gasteiger charge is 2.41. The maximum absolute atomic E-state index is 13.7. The SMILES string of the molecule is C=C(C)N1CCC(CC(=O)N2CCN(C(c3ccccc3)C3C=NC(CCC)=CC3)CC2C(C)(C)C)CC1. The number of allylic oxidation sites excluding steroid dienone is 3. The van der Waals surface area contributed by atoms with E-state index in [0.717, 1.165) is 70.5 Å². The number of piperidine rings is 1. The average Bonchev–Trinajstić information content (AvgIpc) is 2.90. The van der Waals surface area contributed by atoms with Crippen LogP contribution in [0.15, 0.2) is 59.4 Å². The standard InChI is InChI=1S/C33H50N4O/c1-7-11-29-15-14-28(23-34-29)32(27-12-9-8-10-13-27)36-20-21-37(30(24-36)33(4,5)6)31(38)22-26-16-18-35(19-17-26)25(2)3/h8-10,12-13,15,23,26,28,30,32H,2,7,11,14,16-22,24H2,1,3-6H3. The number of carbonyl (C=O) groups excluding carboxylic acids is 1. The van der Waals surface area contributed by atoms with Crippen LogP contribution in [0.25, 0.3) is 0 Å². The fourth-order valence-electron chi connectivity index (χ4n) is 6.57. The van der Waals surface area contributed by atoms with Gasteiger partial charge in [-0.25, -0.2) is 0 Å². The van der Waals surface area contributed by atoms with Crippen molar-refractivity contribution >= 4 is 12.1 Å². The lowest BCUT2D eigenvalue weighted by molar-refractivity contribution is -0.142. The van der Waals surface area contributed by atoms with Gasteiger partial charge in [0.1, 0.15) is 0 Å². The summed E-state index contributed by atoms with van der Waals surface area (Å²) in [7, 11) is 0. The van der Waals surface area contributed by atoms with Crippen molar-refractivity contribution in [1.29, 1.82) is 0 Å². The fourth-order valence-corrected chi connectivity index (χ4v) is 6.57. The highest BCUT2D eigenvalue weighted by atomic mass is 16.2. The van der Waals surface area contributed by atoms with Gasteiger partial charge in [-0.3, -0.25) is 14.7 Å². The molecule has 208 valence electrons. The molecule has 5 heteroatoms. The normalized spacial score (nSPS) is 24.3. The second kappa shape index (κ2) is 12.6. The van der Waals surface area contributed by atoms with Crippen LogP contribution in [0.3, 0.4) is 0 Å². The van der Waals surface area contributed by atoms with E-state index in [0.29, 0.717) is 24.2 Å². The Morgan fingerprint density at radius 3 is 2.39 bits per heavy atom. The molecule has 0 saturated carbocycles. The highest BCUT2D eigenvalue weighted by Crippen LogP contribution is 2.38.